The lowest BCUT2D eigenvalue weighted by molar-refractivity contribution is -0.121. The van der Waals surface area contributed by atoms with E-state index in [1.54, 1.807) is 13.8 Å². The van der Waals surface area contributed by atoms with E-state index in [-0.39, 0.29) is 5.69 Å². The fourth-order valence-corrected chi connectivity index (χ4v) is 1.91. The highest BCUT2D eigenvalue weighted by Gasteiger charge is 2.46. The molecular weight excluding hydrogens is 213 g/mol. The lowest BCUT2D eigenvalue weighted by atomic mass is 9.86. The molecule has 5 heteroatoms. The quantitative estimate of drug-likeness (QED) is 0.732. The number of imide groups is 1. The van der Waals surface area contributed by atoms with E-state index in [2.05, 4.69) is 0 Å². The maximum absolute atomic E-state index is 13.0. The first-order valence-electron chi connectivity index (χ1n) is 4.73. The van der Waals surface area contributed by atoms with Gasteiger partial charge in [0.2, 0.25) is 5.91 Å². The van der Waals surface area contributed by atoms with Crippen LogP contribution in [0.15, 0.2) is 18.2 Å². The van der Waals surface area contributed by atoms with Gasteiger partial charge in [-0.3, -0.25) is 4.79 Å². The number of amides is 2. The zero-order chi connectivity index (χ0) is 12.1. The number of halogens is 1. The van der Waals surface area contributed by atoms with Crippen molar-refractivity contribution < 1.29 is 19.1 Å². The van der Waals surface area contributed by atoms with Crippen LogP contribution in [-0.4, -0.2) is 17.1 Å². The molecule has 1 aliphatic heterocycles. The number of fused-ring (bicyclic) bond motifs is 1. The number of rotatable bonds is 0. The first-order chi connectivity index (χ1) is 7.35. The fraction of sp³-hybridized carbons (Fsp3) is 0.273. The Bertz CT molecular complexity index is 496. The summed E-state index contributed by atoms with van der Waals surface area (Å²) in [6.45, 7) is 3.24. The van der Waals surface area contributed by atoms with Crippen molar-refractivity contribution in [2.45, 2.75) is 19.3 Å². The molecule has 0 saturated heterocycles. The summed E-state index contributed by atoms with van der Waals surface area (Å²) in [5.74, 6) is -1.11. The summed E-state index contributed by atoms with van der Waals surface area (Å²) < 4.78 is 13.0. The normalized spacial score (nSPS) is 17.4. The van der Waals surface area contributed by atoms with Gasteiger partial charge in [-0.2, -0.15) is 0 Å². The summed E-state index contributed by atoms with van der Waals surface area (Å²) in [4.78, 5) is 23.4. The number of hydrogen-bond donors (Lipinski definition) is 1. The minimum absolute atomic E-state index is 0.113. The van der Waals surface area contributed by atoms with Crippen LogP contribution in [0.3, 0.4) is 0 Å². The average molecular weight is 223 g/mol. The average Bonchev–Trinajstić information content (AvgIpc) is 2.34. The Kier molecular flexibility index (Phi) is 2.01. The Hall–Kier alpha value is -1.91. The van der Waals surface area contributed by atoms with Crippen molar-refractivity contribution in [3.8, 4) is 0 Å². The predicted octanol–water partition coefficient (Wildman–Crippen LogP) is 2.13. The van der Waals surface area contributed by atoms with Crippen molar-refractivity contribution in [3.63, 3.8) is 0 Å². The van der Waals surface area contributed by atoms with Crippen LogP contribution in [0, 0.1) is 5.82 Å². The number of benzene rings is 1. The molecule has 84 valence electrons. The Labute approximate surface area is 91.3 Å². The maximum atomic E-state index is 13.0. The Morgan fingerprint density at radius 3 is 2.62 bits per heavy atom. The minimum atomic E-state index is -1.39. The Morgan fingerprint density at radius 1 is 1.44 bits per heavy atom. The van der Waals surface area contributed by atoms with Crippen LogP contribution < -0.4 is 4.90 Å². The number of carbonyl (C=O) groups is 2. The van der Waals surface area contributed by atoms with Crippen molar-refractivity contribution in [2.75, 3.05) is 4.90 Å². The van der Waals surface area contributed by atoms with Gasteiger partial charge in [-0.25, -0.2) is 14.1 Å². The molecule has 16 heavy (non-hydrogen) atoms. The molecule has 0 radical (unpaired) electrons. The van der Waals surface area contributed by atoms with E-state index in [0.29, 0.717) is 10.5 Å². The van der Waals surface area contributed by atoms with Gasteiger partial charge in [0.25, 0.3) is 0 Å². The van der Waals surface area contributed by atoms with Crippen LogP contribution in [0.25, 0.3) is 0 Å². The molecule has 0 aromatic heterocycles. The zero-order valence-corrected chi connectivity index (χ0v) is 8.82. The number of carbonyl (C=O) groups excluding carboxylic acids is 1. The lowest BCUT2D eigenvalue weighted by Crippen LogP contribution is -2.39. The third-order valence-electron chi connectivity index (χ3n) is 2.80. The molecule has 1 N–H and O–H groups in total. The van der Waals surface area contributed by atoms with Crippen LogP contribution in [0.1, 0.15) is 19.4 Å². The summed E-state index contributed by atoms with van der Waals surface area (Å²) >= 11 is 0. The molecule has 1 aliphatic rings. The van der Waals surface area contributed by atoms with E-state index in [4.69, 9.17) is 5.11 Å². The largest absolute Gasteiger partial charge is 0.464 e. The number of hydrogen-bond acceptors (Lipinski definition) is 2. The highest BCUT2D eigenvalue weighted by Crippen LogP contribution is 2.41. The second-order valence-corrected chi connectivity index (χ2v) is 4.21. The van der Waals surface area contributed by atoms with Gasteiger partial charge in [0.1, 0.15) is 5.82 Å². The van der Waals surface area contributed by atoms with E-state index >= 15 is 0 Å². The van der Waals surface area contributed by atoms with Gasteiger partial charge >= 0.3 is 6.09 Å². The monoisotopic (exact) mass is 223 g/mol. The number of nitrogens with zero attached hydrogens (tertiary/aromatic N) is 1. The van der Waals surface area contributed by atoms with Crippen LogP contribution >= 0.6 is 0 Å². The number of carboxylic acid groups (broad SMARTS) is 1. The topological polar surface area (TPSA) is 57.6 Å². The standard InChI is InChI=1S/C11H10FNO3/c1-11(2)7-4-3-6(12)5-8(7)13(9(11)14)10(15)16/h3-5H,1-2H3,(H,15,16). The van der Waals surface area contributed by atoms with Crippen LogP contribution in [0.2, 0.25) is 0 Å². The summed E-state index contributed by atoms with van der Waals surface area (Å²) in [6.07, 6.45) is -1.39. The predicted molar refractivity (Wildman–Crippen MR) is 54.9 cm³/mol. The van der Waals surface area contributed by atoms with Gasteiger partial charge in [0, 0.05) is 0 Å². The van der Waals surface area contributed by atoms with Crippen LogP contribution in [0.5, 0.6) is 0 Å². The molecule has 0 aliphatic carbocycles. The molecule has 1 heterocycles. The van der Waals surface area contributed by atoms with Crippen molar-refractivity contribution in [1.82, 2.24) is 0 Å². The molecule has 0 bridgehead atoms. The van der Waals surface area contributed by atoms with E-state index in [9.17, 15) is 14.0 Å². The summed E-state index contributed by atoms with van der Waals surface area (Å²) in [5, 5.41) is 8.94. The molecule has 0 saturated carbocycles. The molecule has 0 fully saturated rings. The molecule has 1 aromatic carbocycles. The summed E-state index contributed by atoms with van der Waals surface area (Å²) in [7, 11) is 0. The van der Waals surface area contributed by atoms with E-state index in [1.165, 1.54) is 12.1 Å². The Morgan fingerprint density at radius 2 is 2.06 bits per heavy atom. The van der Waals surface area contributed by atoms with Crippen LogP contribution in [0.4, 0.5) is 14.9 Å². The molecule has 0 spiro atoms. The van der Waals surface area contributed by atoms with Gasteiger partial charge in [0.05, 0.1) is 11.1 Å². The zero-order valence-electron chi connectivity index (χ0n) is 8.82. The molecule has 2 amide bonds. The first kappa shape index (κ1) is 10.6. The van der Waals surface area contributed by atoms with Crippen LogP contribution in [-0.2, 0) is 10.2 Å². The maximum Gasteiger partial charge on any atom is 0.418 e. The molecule has 1 aromatic rings. The summed E-state index contributed by atoms with van der Waals surface area (Å²) in [6, 6.07) is 3.74. The van der Waals surface area contributed by atoms with Crippen molar-refractivity contribution in [3.05, 3.63) is 29.6 Å². The Balaban J connectivity index is 2.70. The van der Waals surface area contributed by atoms with E-state index < -0.39 is 23.2 Å². The van der Waals surface area contributed by atoms with Gasteiger partial charge in [0.15, 0.2) is 0 Å². The molecule has 2 rings (SSSR count). The first-order valence-corrected chi connectivity index (χ1v) is 4.73. The van der Waals surface area contributed by atoms with Gasteiger partial charge in [-0.1, -0.05) is 6.07 Å². The highest BCUT2D eigenvalue weighted by molar-refractivity contribution is 6.20. The second kappa shape index (κ2) is 3.04. The van der Waals surface area contributed by atoms with Gasteiger partial charge in [-0.05, 0) is 31.5 Å². The SMILES string of the molecule is CC1(C)C(=O)N(C(=O)O)c2cc(F)ccc21. The number of anilines is 1. The fourth-order valence-electron chi connectivity index (χ4n) is 1.91. The van der Waals surface area contributed by atoms with Crippen molar-refractivity contribution in [1.29, 1.82) is 0 Å². The second-order valence-electron chi connectivity index (χ2n) is 4.21. The van der Waals surface area contributed by atoms with Gasteiger partial charge < -0.3 is 5.11 Å². The van der Waals surface area contributed by atoms with E-state index in [1.807, 2.05) is 0 Å². The molecular formula is C11H10FNO3. The third-order valence-corrected chi connectivity index (χ3v) is 2.80. The smallest absolute Gasteiger partial charge is 0.418 e. The van der Waals surface area contributed by atoms with Gasteiger partial charge in [-0.15, -0.1) is 0 Å². The lowest BCUT2D eigenvalue weighted by Gasteiger charge is -2.16. The highest BCUT2D eigenvalue weighted by atomic mass is 19.1. The minimum Gasteiger partial charge on any atom is -0.464 e. The molecule has 0 unspecified atom stereocenters. The van der Waals surface area contributed by atoms with Crippen molar-refractivity contribution in [2.24, 2.45) is 0 Å². The molecule has 4 nitrogen and oxygen atoms in total. The third kappa shape index (κ3) is 1.21. The van der Waals surface area contributed by atoms with Crippen molar-refractivity contribution >= 4 is 17.7 Å². The summed E-state index contributed by atoms with van der Waals surface area (Å²) in [5.41, 5.74) is -0.287. The van der Waals surface area contributed by atoms with E-state index in [0.717, 1.165) is 6.07 Å². The molecule has 0 atom stereocenters.